The average molecular weight is 358 g/mol. The molecule has 25 heavy (non-hydrogen) atoms. The summed E-state index contributed by atoms with van der Waals surface area (Å²) < 4.78 is 32.5. The van der Waals surface area contributed by atoms with Crippen LogP contribution < -0.4 is 4.90 Å². The van der Waals surface area contributed by atoms with Crippen molar-refractivity contribution in [2.75, 3.05) is 17.7 Å². The zero-order chi connectivity index (χ0) is 18.4. The molecule has 2 aromatic carbocycles. The number of ketones is 2. The molecule has 0 heterocycles. The first-order chi connectivity index (χ1) is 11.7. The summed E-state index contributed by atoms with van der Waals surface area (Å²) in [6.45, 7) is 0. The fourth-order valence-corrected chi connectivity index (χ4v) is 3.28. The molecule has 0 unspecified atom stereocenters. The van der Waals surface area contributed by atoms with Crippen molar-refractivity contribution in [1.29, 1.82) is 0 Å². The third-order valence-electron chi connectivity index (χ3n) is 3.97. The molecule has 8 heteroatoms. The minimum atomic E-state index is -4.76. The molecule has 3 rings (SSSR count). The molecular weight excluding hydrogens is 346 g/mol. The highest BCUT2D eigenvalue weighted by Gasteiger charge is 2.33. The molecule has 0 bridgehead atoms. The van der Waals surface area contributed by atoms with Gasteiger partial charge in [0.15, 0.2) is 11.6 Å². The van der Waals surface area contributed by atoms with Gasteiger partial charge in [-0.1, -0.05) is 36.4 Å². The lowest BCUT2D eigenvalue weighted by atomic mass is 9.83. The van der Waals surface area contributed by atoms with Crippen LogP contribution in [0.25, 0.3) is 0 Å². The molecule has 1 aliphatic rings. The molecule has 0 fully saturated rings. The highest BCUT2D eigenvalue weighted by Crippen LogP contribution is 2.33. The summed E-state index contributed by atoms with van der Waals surface area (Å²) in [5.41, 5.74) is 0.716. The second kappa shape index (κ2) is 5.91. The molecule has 0 saturated heterocycles. The number of amides is 1. The summed E-state index contributed by atoms with van der Waals surface area (Å²) >= 11 is 0. The number of fused-ring (bicyclic) bond motifs is 2. The normalized spacial score (nSPS) is 13.2. The minimum absolute atomic E-state index is 0.0188. The molecule has 0 saturated carbocycles. The van der Waals surface area contributed by atoms with Crippen LogP contribution in [0.4, 0.5) is 5.69 Å². The Labute approximate surface area is 143 Å². The molecule has 2 aromatic rings. The van der Waals surface area contributed by atoms with Crippen LogP contribution in [-0.4, -0.2) is 43.2 Å². The Bertz CT molecular complexity index is 1030. The summed E-state index contributed by atoms with van der Waals surface area (Å²) in [4.78, 5) is 38.4. The minimum Gasteiger partial charge on any atom is -0.748 e. The van der Waals surface area contributed by atoms with Crippen LogP contribution >= 0.6 is 0 Å². The van der Waals surface area contributed by atoms with Crippen molar-refractivity contribution in [3.8, 4) is 0 Å². The molecule has 1 amide bonds. The van der Waals surface area contributed by atoms with Gasteiger partial charge in [0.2, 0.25) is 5.91 Å². The van der Waals surface area contributed by atoms with Gasteiger partial charge in [0.05, 0.1) is 11.3 Å². The van der Waals surface area contributed by atoms with Gasteiger partial charge >= 0.3 is 0 Å². The van der Waals surface area contributed by atoms with Gasteiger partial charge < -0.3 is 9.45 Å². The van der Waals surface area contributed by atoms with Gasteiger partial charge in [0, 0.05) is 23.7 Å². The van der Waals surface area contributed by atoms with Crippen LogP contribution in [0.3, 0.4) is 0 Å². The maximum absolute atomic E-state index is 12.8. The number of carbonyl (C=O) groups excluding carboxylic acids is 3. The van der Waals surface area contributed by atoms with Crippen molar-refractivity contribution in [2.45, 2.75) is 0 Å². The topological polar surface area (TPSA) is 112 Å². The van der Waals surface area contributed by atoms with Crippen LogP contribution in [-0.2, 0) is 14.9 Å². The summed E-state index contributed by atoms with van der Waals surface area (Å²) in [6, 6.07) is 10.7. The van der Waals surface area contributed by atoms with E-state index in [1.54, 1.807) is 18.2 Å². The Kier molecular flexibility index (Phi) is 4.02. The fourth-order valence-electron chi connectivity index (χ4n) is 2.79. The van der Waals surface area contributed by atoms with Crippen LogP contribution in [0.15, 0.2) is 42.5 Å². The van der Waals surface area contributed by atoms with Gasteiger partial charge in [0.25, 0.3) is 0 Å². The molecule has 0 N–H and O–H groups in total. The van der Waals surface area contributed by atoms with Gasteiger partial charge in [-0.15, -0.1) is 0 Å². The summed E-state index contributed by atoms with van der Waals surface area (Å²) in [5.74, 6) is -3.01. The summed E-state index contributed by atoms with van der Waals surface area (Å²) in [5, 5.41) is 0. The van der Waals surface area contributed by atoms with E-state index in [9.17, 15) is 27.4 Å². The SMILES string of the molecule is CN(C(=O)CS(=O)(=O)[O-])c1cccc2c1C(=O)c1ccccc1C2=O. The lowest BCUT2D eigenvalue weighted by Gasteiger charge is -2.25. The van der Waals surface area contributed by atoms with Crippen molar-refractivity contribution >= 4 is 33.3 Å². The molecule has 7 nitrogen and oxygen atoms in total. The number of anilines is 1. The molecule has 0 atom stereocenters. The molecule has 0 spiro atoms. The molecule has 0 aliphatic heterocycles. The maximum atomic E-state index is 12.8. The van der Waals surface area contributed by atoms with E-state index in [0.717, 1.165) is 4.90 Å². The third-order valence-corrected chi connectivity index (χ3v) is 4.57. The van der Waals surface area contributed by atoms with Crippen LogP contribution in [0, 0.1) is 0 Å². The number of hydrogen-bond acceptors (Lipinski definition) is 6. The number of rotatable bonds is 3. The van der Waals surface area contributed by atoms with E-state index in [0.29, 0.717) is 0 Å². The molecule has 0 aromatic heterocycles. The largest absolute Gasteiger partial charge is 0.748 e. The van der Waals surface area contributed by atoms with E-state index in [2.05, 4.69) is 0 Å². The lowest BCUT2D eigenvalue weighted by molar-refractivity contribution is -0.116. The zero-order valence-electron chi connectivity index (χ0n) is 13.1. The quantitative estimate of drug-likeness (QED) is 0.645. The lowest BCUT2D eigenvalue weighted by Crippen LogP contribution is -2.34. The van der Waals surface area contributed by atoms with Crippen molar-refractivity contribution < 1.29 is 27.4 Å². The highest BCUT2D eigenvalue weighted by atomic mass is 32.2. The summed E-state index contributed by atoms with van der Waals surface area (Å²) in [7, 11) is -3.51. The van der Waals surface area contributed by atoms with E-state index in [-0.39, 0.29) is 33.7 Å². The van der Waals surface area contributed by atoms with Crippen molar-refractivity contribution in [3.63, 3.8) is 0 Å². The number of hydrogen-bond donors (Lipinski definition) is 0. The second-order valence-electron chi connectivity index (χ2n) is 5.56. The molecule has 0 radical (unpaired) electrons. The van der Waals surface area contributed by atoms with Crippen molar-refractivity contribution in [1.82, 2.24) is 0 Å². The highest BCUT2D eigenvalue weighted by molar-refractivity contribution is 7.86. The first-order valence-electron chi connectivity index (χ1n) is 7.22. The van der Waals surface area contributed by atoms with Gasteiger partial charge in [0.1, 0.15) is 15.9 Å². The average Bonchev–Trinajstić information content (AvgIpc) is 2.57. The van der Waals surface area contributed by atoms with Crippen LogP contribution in [0.5, 0.6) is 0 Å². The number of benzene rings is 2. The van der Waals surface area contributed by atoms with E-state index in [1.165, 1.54) is 31.3 Å². The summed E-state index contributed by atoms with van der Waals surface area (Å²) in [6.07, 6.45) is 0. The first kappa shape index (κ1) is 17.0. The predicted molar refractivity (Wildman–Crippen MR) is 87.7 cm³/mol. The molecule has 1 aliphatic carbocycles. The van der Waals surface area contributed by atoms with Crippen LogP contribution in [0.2, 0.25) is 0 Å². The molecule has 128 valence electrons. The van der Waals surface area contributed by atoms with Crippen LogP contribution in [0.1, 0.15) is 31.8 Å². The maximum Gasteiger partial charge on any atom is 0.240 e. The Morgan fingerprint density at radius 1 is 0.960 bits per heavy atom. The van der Waals surface area contributed by atoms with Crippen molar-refractivity contribution in [2.24, 2.45) is 0 Å². The van der Waals surface area contributed by atoms with Gasteiger partial charge in [-0.05, 0) is 6.07 Å². The Morgan fingerprint density at radius 3 is 2.12 bits per heavy atom. The van der Waals surface area contributed by atoms with Gasteiger partial charge in [-0.3, -0.25) is 14.4 Å². The Hall–Kier alpha value is -2.84. The number of nitrogens with zero attached hydrogens (tertiary/aromatic N) is 1. The Balaban J connectivity index is 2.13. The fraction of sp³-hybridized carbons (Fsp3) is 0.118. The van der Waals surface area contributed by atoms with E-state index < -0.39 is 27.6 Å². The van der Waals surface area contributed by atoms with Crippen molar-refractivity contribution in [3.05, 3.63) is 64.7 Å². The number of carbonyl (C=O) groups is 3. The predicted octanol–water partition coefficient (Wildman–Crippen LogP) is 0.970. The van der Waals surface area contributed by atoms with E-state index in [4.69, 9.17) is 0 Å². The van der Waals surface area contributed by atoms with E-state index in [1.807, 2.05) is 0 Å². The standard InChI is InChI=1S/C17H13NO6S/c1-18(14(19)9-25(22,23)24)13-8-4-7-12-15(13)17(21)11-6-3-2-5-10(11)16(12)20/h2-8H,9H2,1H3,(H,22,23,24)/p-1. The monoisotopic (exact) mass is 358 g/mol. The first-order valence-corrected chi connectivity index (χ1v) is 8.80. The smallest absolute Gasteiger partial charge is 0.240 e. The zero-order valence-corrected chi connectivity index (χ0v) is 13.9. The van der Waals surface area contributed by atoms with Gasteiger partial charge in [-0.25, -0.2) is 8.42 Å². The Morgan fingerprint density at radius 2 is 1.52 bits per heavy atom. The second-order valence-corrected chi connectivity index (χ2v) is 6.96. The van der Waals surface area contributed by atoms with E-state index >= 15 is 0 Å². The molecular formula is C17H12NO6S-. The van der Waals surface area contributed by atoms with Gasteiger partial charge in [-0.2, -0.15) is 0 Å². The third kappa shape index (κ3) is 2.97.